The number of nitrogens with zero attached hydrogens (tertiary/aromatic N) is 2. The van der Waals surface area contributed by atoms with Crippen LogP contribution in [0.25, 0.3) is 10.8 Å². The topological polar surface area (TPSA) is 76.8 Å². The van der Waals surface area contributed by atoms with Crippen molar-refractivity contribution >= 4 is 17.2 Å². The second-order valence-electron chi connectivity index (χ2n) is 8.27. The Morgan fingerprint density at radius 1 is 1.27 bits per heavy atom. The molecule has 1 amide bonds. The van der Waals surface area contributed by atoms with Crippen LogP contribution in [0.15, 0.2) is 46.2 Å². The van der Waals surface area contributed by atoms with E-state index in [0.717, 1.165) is 48.8 Å². The molecule has 7 nitrogen and oxygen atoms in total. The number of thiophene rings is 1. The fourth-order valence-electron chi connectivity index (χ4n) is 3.87. The summed E-state index contributed by atoms with van der Waals surface area (Å²) in [6.07, 6.45) is 2.35. The van der Waals surface area contributed by atoms with E-state index in [1.165, 1.54) is 0 Å². The number of aromatic nitrogens is 1. The van der Waals surface area contributed by atoms with Crippen LogP contribution in [0.4, 0.5) is 0 Å². The predicted octanol–water partition coefficient (Wildman–Crippen LogP) is 4.06. The maximum absolute atomic E-state index is 12.5. The maximum Gasteiger partial charge on any atom is 0.236 e. The summed E-state index contributed by atoms with van der Waals surface area (Å²) >= 11 is 1.56. The number of carbonyl (C=O) groups excluding carboxylic acids is 1. The summed E-state index contributed by atoms with van der Waals surface area (Å²) in [6.45, 7) is 5.46. The molecule has 3 aromatic rings. The number of oxazole rings is 1. The fraction of sp³-hybridized carbons (Fsp3) is 0.440. The van der Waals surface area contributed by atoms with Gasteiger partial charge in [-0.05, 0) is 56.0 Å². The average Bonchev–Trinajstić information content (AvgIpc) is 3.49. The molecular formula is C25H31N3O4S. The quantitative estimate of drug-likeness (QED) is 0.483. The normalized spacial score (nSPS) is 14.5. The Hall–Kier alpha value is -2.68. The highest BCUT2D eigenvalue weighted by Gasteiger charge is 2.18. The Morgan fingerprint density at radius 3 is 2.91 bits per heavy atom. The van der Waals surface area contributed by atoms with Gasteiger partial charge >= 0.3 is 0 Å². The first-order valence-corrected chi connectivity index (χ1v) is 12.2. The SMILES string of the molecule is Cc1oc(-c2cccs2)nc1CC(=O)NCc1cccc(OCCN(C)C2CCOCC2)c1. The molecule has 33 heavy (non-hydrogen) atoms. The molecule has 0 bridgehead atoms. The summed E-state index contributed by atoms with van der Waals surface area (Å²) in [4.78, 5) is 20.3. The van der Waals surface area contributed by atoms with E-state index in [2.05, 4.69) is 22.2 Å². The number of aryl methyl sites for hydroxylation is 1. The molecule has 2 aromatic heterocycles. The van der Waals surface area contributed by atoms with Gasteiger partial charge in [0.25, 0.3) is 0 Å². The third kappa shape index (κ3) is 6.66. The van der Waals surface area contributed by atoms with E-state index in [1.807, 2.05) is 48.7 Å². The Bertz CT molecular complexity index is 1030. The van der Waals surface area contributed by atoms with Crippen molar-refractivity contribution in [2.45, 2.75) is 38.8 Å². The summed E-state index contributed by atoms with van der Waals surface area (Å²) in [6, 6.07) is 12.3. The lowest BCUT2D eigenvalue weighted by molar-refractivity contribution is -0.120. The first kappa shape index (κ1) is 23.5. The lowest BCUT2D eigenvalue weighted by Gasteiger charge is -2.31. The van der Waals surface area contributed by atoms with E-state index >= 15 is 0 Å². The van der Waals surface area contributed by atoms with Crippen molar-refractivity contribution in [1.82, 2.24) is 15.2 Å². The number of rotatable bonds is 10. The molecular weight excluding hydrogens is 438 g/mol. The van der Waals surface area contributed by atoms with E-state index in [9.17, 15) is 4.79 Å². The first-order chi connectivity index (χ1) is 16.1. The molecule has 1 aliphatic heterocycles. The molecule has 1 saturated heterocycles. The van der Waals surface area contributed by atoms with Crippen LogP contribution < -0.4 is 10.1 Å². The monoisotopic (exact) mass is 469 g/mol. The van der Waals surface area contributed by atoms with E-state index in [-0.39, 0.29) is 12.3 Å². The Morgan fingerprint density at radius 2 is 2.12 bits per heavy atom. The lowest BCUT2D eigenvalue weighted by Crippen LogP contribution is -2.38. The van der Waals surface area contributed by atoms with Crippen LogP contribution in [0.2, 0.25) is 0 Å². The number of carbonyl (C=O) groups is 1. The second-order valence-corrected chi connectivity index (χ2v) is 9.22. The van der Waals surface area contributed by atoms with Gasteiger partial charge in [-0.1, -0.05) is 18.2 Å². The van der Waals surface area contributed by atoms with Gasteiger partial charge in [0.2, 0.25) is 11.8 Å². The van der Waals surface area contributed by atoms with Gasteiger partial charge in [-0.2, -0.15) is 0 Å². The summed E-state index contributed by atoms with van der Waals surface area (Å²) in [5.41, 5.74) is 1.66. The van der Waals surface area contributed by atoms with Crippen molar-refractivity contribution in [3.05, 3.63) is 58.8 Å². The molecule has 176 valence electrons. The molecule has 0 atom stereocenters. The van der Waals surface area contributed by atoms with Gasteiger partial charge in [-0.25, -0.2) is 4.98 Å². The van der Waals surface area contributed by atoms with Crippen LogP contribution in [0, 0.1) is 6.92 Å². The highest BCUT2D eigenvalue weighted by molar-refractivity contribution is 7.13. The van der Waals surface area contributed by atoms with Crippen LogP contribution in [0.1, 0.15) is 29.9 Å². The number of hydrogen-bond acceptors (Lipinski definition) is 7. The van der Waals surface area contributed by atoms with Crippen molar-refractivity contribution in [2.75, 3.05) is 33.4 Å². The Kier molecular flexibility index (Phi) is 8.15. The summed E-state index contributed by atoms with van der Waals surface area (Å²) in [5.74, 6) is 1.97. The highest BCUT2D eigenvalue weighted by Crippen LogP contribution is 2.26. The average molecular weight is 470 g/mol. The zero-order valence-electron chi connectivity index (χ0n) is 19.2. The van der Waals surface area contributed by atoms with E-state index in [4.69, 9.17) is 13.9 Å². The van der Waals surface area contributed by atoms with E-state index in [1.54, 1.807) is 11.3 Å². The smallest absolute Gasteiger partial charge is 0.236 e. The molecule has 1 N–H and O–H groups in total. The first-order valence-electron chi connectivity index (χ1n) is 11.3. The van der Waals surface area contributed by atoms with Crippen LogP contribution >= 0.6 is 11.3 Å². The molecule has 0 aliphatic carbocycles. The van der Waals surface area contributed by atoms with E-state index < -0.39 is 0 Å². The molecule has 0 unspecified atom stereocenters. The van der Waals surface area contributed by atoms with Crippen molar-refractivity contribution in [1.29, 1.82) is 0 Å². The zero-order chi connectivity index (χ0) is 23.0. The Balaban J connectivity index is 1.22. The largest absolute Gasteiger partial charge is 0.492 e. The van der Waals surface area contributed by atoms with Gasteiger partial charge in [0.05, 0.1) is 17.0 Å². The number of benzene rings is 1. The fourth-order valence-corrected chi connectivity index (χ4v) is 4.52. The third-order valence-corrected chi connectivity index (χ3v) is 6.73. The molecule has 8 heteroatoms. The molecule has 1 fully saturated rings. The molecule has 1 aromatic carbocycles. The summed E-state index contributed by atoms with van der Waals surface area (Å²) in [7, 11) is 2.14. The highest BCUT2D eigenvalue weighted by atomic mass is 32.1. The third-order valence-electron chi connectivity index (χ3n) is 5.87. The zero-order valence-corrected chi connectivity index (χ0v) is 20.0. The van der Waals surface area contributed by atoms with Gasteiger partial charge in [0, 0.05) is 32.3 Å². The van der Waals surface area contributed by atoms with Gasteiger partial charge in [-0.15, -0.1) is 11.3 Å². The van der Waals surface area contributed by atoms with Gasteiger partial charge in [0.1, 0.15) is 18.1 Å². The molecule has 0 radical (unpaired) electrons. The molecule has 0 spiro atoms. The minimum Gasteiger partial charge on any atom is -0.492 e. The van der Waals surface area contributed by atoms with E-state index in [0.29, 0.717) is 36.5 Å². The summed E-state index contributed by atoms with van der Waals surface area (Å²) < 4.78 is 17.1. The van der Waals surface area contributed by atoms with Crippen LogP contribution in [0.5, 0.6) is 5.75 Å². The minimum absolute atomic E-state index is 0.0893. The van der Waals surface area contributed by atoms with Crippen molar-refractivity contribution in [3.63, 3.8) is 0 Å². The number of ether oxygens (including phenoxy) is 2. The van der Waals surface area contributed by atoms with Crippen molar-refractivity contribution in [3.8, 4) is 16.5 Å². The predicted molar refractivity (Wildman–Crippen MR) is 129 cm³/mol. The lowest BCUT2D eigenvalue weighted by atomic mass is 10.1. The molecule has 0 saturated carbocycles. The molecule has 4 rings (SSSR count). The molecule has 1 aliphatic rings. The standard InChI is InChI=1S/C25H31N3O4S/c1-18-22(27-25(32-18)23-7-4-14-33-23)16-24(29)26-17-19-5-3-6-21(15-19)31-13-10-28(2)20-8-11-30-12-9-20/h3-7,14-15,20H,8-13,16-17H2,1-2H3,(H,26,29). The minimum atomic E-state index is -0.0893. The number of hydrogen-bond donors (Lipinski definition) is 1. The molecule has 3 heterocycles. The maximum atomic E-state index is 12.5. The van der Waals surface area contributed by atoms with Crippen molar-refractivity contribution < 1.29 is 18.7 Å². The number of likely N-dealkylation sites (N-methyl/N-ethyl adjacent to an activating group) is 1. The van der Waals surface area contributed by atoms with Gasteiger partial charge in [-0.3, -0.25) is 9.69 Å². The number of amides is 1. The van der Waals surface area contributed by atoms with Crippen molar-refractivity contribution in [2.24, 2.45) is 0 Å². The van der Waals surface area contributed by atoms with Crippen LogP contribution in [0.3, 0.4) is 0 Å². The van der Waals surface area contributed by atoms with Crippen LogP contribution in [-0.4, -0.2) is 55.2 Å². The second kappa shape index (κ2) is 11.4. The van der Waals surface area contributed by atoms with Gasteiger partial charge < -0.3 is 19.2 Å². The summed E-state index contributed by atoms with van der Waals surface area (Å²) in [5, 5.41) is 4.95. The van der Waals surface area contributed by atoms with Crippen LogP contribution in [-0.2, 0) is 22.5 Å². The Labute approximate surface area is 198 Å². The number of nitrogens with one attached hydrogen (secondary N) is 1. The van der Waals surface area contributed by atoms with Gasteiger partial charge in [0.15, 0.2) is 0 Å².